The van der Waals surface area contributed by atoms with Gasteiger partial charge in [-0.2, -0.15) is 0 Å². The lowest BCUT2D eigenvalue weighted by atomic mass is 9.96. The number of nitrogens with one attached hydrogen (secondary N) is 2. The van der Waals surface area contributed by atoms with Crippen LogP contribution >= 0.6 is 0 Å². The van der Waals surface area contributed by atoms with E-state index in [0.29, 0.717) is 39.4 Å². The second-order valence-electron chi connectivity index (χ2n) is 6.69. The third-order valence-corrected chi connectivity index (χ3v) is 4.81. The quantitative estimate of drug-likeness (QED) is 0.699. The van der Waals surface area contributed by atoms with E-state index in [2.05, 4.69) is 10.6 Å². The fourth-order valence-corrected chi connectivity index (χ4v) is 3.11. The van der Waals surface area contributed by atoms with Gasteiger partial charge in [0.1, 0.15) is 0 Å². The summed E-state index contributed by atoms with van der Waals surface area (Å²) in [6, 6.07) is 7.99. The molecule has 1 heterocycles. The maximum Gasteiger partial charge on any atom is 0.317 e. The van der Waals surface area contributed by atoms with Crippen molar-refractivity contribution >= 4 is 11.9 Å². The fraction of sp³-hybridized carbons (Fsp3) is 0.600. The zero-order valence-corrected chi connectivity index (χ0v) is 15.9. The smallest absolute Gasteiger partial charge is 0.317 e. The molecule has 0 radical (unpaired) electrons. The highest BCUT2D eigenvalue weighted by Crippen LogP contribution is 2.17. The van der Waals surface area contributed by atoms with Crippen molar-refractivity contribution in [1.82, 2.24) is 15.5 Å². The number of aryl methyl sites for hydroxylation is 1. The minimum Gasteiger partial charge on any atom is -0.382 e. The number of benzene rings is 1. The molecule has 1 aliphatic heterocycles. The summed E-state index contributed by atoms with van der Waals surface area (Å²) in [6.07, 6.45) is 2.27. The number of carbonyl (C=O) groups is 2. The molecule has 0 aliphatic carbocycles. The second kappa shape index (κ2) is 10.8. The molecule has 6 nitrogen and oxygen atoms in total. The molecule has 0 aromatic heterocycles. The van der Waals surface area contributed by atoms with Gasteiger partial charge >= 0.3 is 6.03 Å². The van der Waals surface area contributed by atoms with E-state index in [1.807, 2.05) is 38.1 Å². The summed E-state index contributed by atoms with van der Waals surface area (Å²) in [5.74, 6) is 0.101. The molecule has 1 aromatic rings. The number of nitrogens with zero attached hydrogens (tertiary/aromatic N) is 1. The largest absolute Gasteiger partial charge is 0.382 e. The van der Waals surface area contributed by atoms with Gasteiger partial charge in [0.15, 0.2) is 0 Å². The van der Waals surface area contributed by atoms with Crippen LogP contribution < -0.4 is 10.6 Å². The minimum absolute atomic E-state index is 0.00233. The first kappa shape index (κ1) is 20.2. The molecule has 26 heavy (non-hydrogen) atoms. The number of urea groups is 1. The van der Waals surface area contributed by atoms with Gasteiger partial charge in [0.05, 0.1) is 0 Å². The number of amides is 3. The van der Waals surface area contributed by atoms with Crippen LogP contribution in [0.1, 0.15) is 37.3 Å². The molecule has 1 aliphatic rings. The molecule has 144 valence electrons. The van der Waals surface area contributed by atoms with Crippen LogP contribution in [-0.2, 0) is 16.1 Å². The number of piperidine rings is 1. The highest BCUT2D eigenvalue weighted by molar-refractivity contribution is 5.79. The van der Waals surface area contributed by atoms with Crippen LogP contribution in [0, 0.1) is 12.8 Å². The third kappa shape index (κ3) is 6.33. The monoisotopic (exact) mass is 361 g/mol. The van der Waals surface area contributed by atoms with Crippen molar-refractivity contribution in [1.29, 1.82) is 0 Å². The van der Waals surface area contributed by atoms with Crippen molar-refractivity contribution in [3.63, 3.8) is 0 Å². The molecular formula is C20H31N3O3. The lowest BCUT2D eigenvalue weighted by Crippen LogP contribution is -2.46. The second-order valence-corrected chi connectivity index (χ2v) is 6.69. The van der Waals surface area contributed by atoms with Crippen molar-refractivity contribution in [2.75, 3.05) is 32.8 Å². The highest BCUT2D eigenvalue weighted by atomic mass is 16.5. The molecule has 0 atom stereocenters. The van der Waals surface area contributed by atoms with E-state index in [-0.39, 0.29) is 17.9 Å². The van der Waals surface area contributed by atoms with Crippen LogP contribution in [-0.4, -0.2) is 49.7 Å². The summed E-state index contributed by atoms with van der Waals surface area (Å²) < 4.78 is 5.26. The minimum atomic E-state index is -0.0520. The van der Waals surface area contributed by atoms with Gasteiger partial charge in [0, 0.05) is 45.3 Å². The Morgan fingerprint density at radius 3 is 2.62 bits per heavy atom. The van der Waals surface area contributed by atoms with Gasteiger partial charge in [-0.05, 0) is 44.2 Å². The molecule has 2 N–H and O–H groups in total. The maximum absolute atomic E-state index is 12.3. The summed E-state index contributed by atoms with van der Waals surface area (Å²) in [4.78, 5) is 26.3. The van der Waals surface area contributed by atoms with E-state index in [9.17, 15) is 9.59 Å². The maximum atomic E-state index is 12.3. The van der Waals surface area contributed by atoms with E-state index in [1.165, 1.54) is 5.56 Å². The first-order valence-corrected chi connectivity index (χ1v) is 9.54. The number of hydrogen-bond acceptors (Lipinski definition) is 3. The Bertz CT molecular complexity index is 583. The van der Waals surface area contributed by atoms with Gasteiger partial charge in [-0.3, -0.25) is 4.79 Å². The third-order valence-electron chi connectivity index (χ3n) is 4.81. The van der Waals surface area contributed by atoms with Crippen LogP contribution in [0.5, 0.6) is 0 Å². The van der Waals surface area contributed by atoms with Gasteiger partial charge in [-0.25, -0.2) is 4.79 Å². The van der Waals surface area contributed by atoms with Crippen LogP contribution in [0.3, 0.4) is 0 Å². The normalized spacial score (nSPS) is 14.9. The van der Waals surface area contributed by atoms with Crippen molar-refractivity contribution < 1.29 is 14.3 Å². The summed E-state index contributed by atoms with van der Waals surface area (Å²) in [6.45, 7) is 7.81. The van der Waals surface area contributed by atoms with Crippen LogP contribution in [0.25, 0.3) is 0 Å². The molecule has 2 rings (SSSR count). The summed E-state index contributed by atoms with van der Waals surface area (Å²) in [7, 11) is 0. The molecule has 0 unspecified atom stereocenters. The Labute approximate surface area is 156 Å². The Hall–Kier alpha value is -2.08. The summed E-state index contributed by atoms with van der Waals surface area (Å²) in [5.41, 5.74) is 2.30. The Balaban J connectivity index is 1.66. The van der Waals surface area contributed by atoms with E-state index in [1.54, 1.807) is 4.90 Å². The number of likely N-dealkylation sites (tertiary alicyclic amines) is 1. The zero-order valence-electron chi connectivity index (χ0n) is 15.9. The zero-order chi connectivity index (χ0) is 18.8. The van der Waals surface area contributed by atoms with Crippen LogP contribution in [0.4, 0.5) is 4.79 Å². The van der Waals surface area contributed by atoms with Gasteiger partial charge in [-0.1, -0.05) is 24.3 Å². The Kier molecular flexibility index (Phi) is 8.41. The summed E-state index contributed by atoms with van der Waals surface area (Å²) in [5, 5.41) is 5.95. The molecular weight excluding hydrogens is 330 g/mol. The van der Waals surface area contributed by atoms with Gasteiger partial charge < -0.3 is 20.3 Å². The van der Waals surface area contributed by atoms with Crippen LogP contribution in [0.2, 0.25) is 0 Å². The van der Waals surface area contributed by atoms with E-state index >= 15 is 0 Å². The lowest BCUT2D eigenvalue weighted by Gasteiger charge is -2.31. The number of hydrogen-bond donors (Lipinski definition) is 2. The van der Waals surface area contributed by atoms with Crippen molar-refractivity contribution in [2.24, 2.45) is 5.92 Å². The average molecular weight is 361 g/mol. The molecule has 0 spiro atoms. The Morgan fingerprint density at radius 1 is 1.19 bits per heavy atom. The summed E-state index contributed by atoms with van der Waals surface area (Å²) >= 11 is 0. The van der Waals surface area contributed by atoms with E-state index < -0.39 is 0 Å². The van der Waals surface area contributed by atoms with Crippen molar-refractivity contribution in [3.05, 3.63) is 35.4 Å². The first-order valence-electron chi connectivity index (χ1n) is 9.54. The topological polar surface area (TPSA) is 70.7 Å². The molecule has 0 bridgehead atoms. The van der Waals surface area contributed by atoms with Crippen LogP contribution in [0.15, 0.2) is 24.3 Å². The molecule has 1 saturated heterocycles. The predicted octanol–water partition coefficient (Wildman–Crippen LogP) is 2.46. The molecule has 0 saturated carbocycles. The highest BCUT2D eigenvalue weighted by Gasteiger charge is 2.27. The van der Waals surface area contributed by atoms with Gasteiger partial charge in [-0.15, -0.1) is 0 Å². The fourth-order valence-electron chi connectivity index (χ4n) is 3.11. The lowest BCUT2D eigenvalue weighted by molar-refractivity contribution is -0.126. The molecule has 3 amide bonds. The molecule has 1 fully saturated rings. The van der Waals surface area contributed by atoms with Crippen molar-refractivity contribution in [3.8, 4) is 0 Å². The number of rotatable bonds is 8. The predicted molar refractivity (Wildman–Crippen MR) is 102 cm³/mol. The number of ether oxygens (including phenoxy) is 1. The first-order chi connectivity index (χ1) is 12.6. The van der Waals surface area contributed by atoms with E-state index in [4.69, 9.17) is 4.74 Å². The molecule has 1 aromatic carbocycles. The van der Waals surface area contributed by atoms with Gasteiger partial charge in [0.2, 0.25) is 5.91 Å². The van der Waals surface area contributed by atoms with E-state index in [0.717, 1.165) is 24.8 Å². The SMILES string of the molecule is CCOCCCNC(=O)C1CCN(C(=O)NCc2ccccc2C)CC1. The standard InChI is InChI=1S/C20H31N3O3/c1-3-26-14-6-11-21-19(24)17-9-12-23(13-10-17)20(25)22-15-18-8-5-4-7-16(18)2/h4-5,7-8,17H,3,6,9-15H2,1-2H3,(H,21,24)(H,22,25). The van der Waals surface area contributed by atoms with Gasteiger partial charge in [0.25, 0.3) is 0 Å². The number of carbonyl (C=O) groups excluding carboxylic acids is 2. The van der Waals surface area contributed by atoms with Crippen molar-refractivity contribution in [2.45, 2.75) is 39.7 Å². The molecule has 6 heteroatoms. The Morgan fingerprint density at radius 2 is 1.92 bits per heavy atom. The average Bonchev–Trinajstić information content (AvgIpc) is 2.67.